The number of carbonyl (C=O) groups excluding carboxylic acids is 1. The maximum atomic E-state index is 11.9. The van der Waals surface area contributed by atoms with E-state index in [0.29, 0.717) is 5.92 Å². The number of ether oxygens (including phenoxy) is 1. The molecule has 0 bridgehead atoms. The molecule has 1 fully saturated rings. The molecule has 2 aliphatic heterocycles. The predicted octanol–water partition coefficient (Wildman–Crippen LogP) is 1.76. The number of nitrogens with zero attached hydrogens (tertiary/aromatic N) is 1. The molecule has 2 N–H and O–H groups in total. The Kier molecular flexibility index (Phi) is 4.12. The highest BCUT2D eigenvalue weighted by Gasteiger charge is 2.30. The van der Waals surface area contributed by atoms with Crippen LogP contribution in [0.4, 0.5) is 11.4 Å². The zero-order valence-corrected chi connectivity index (χ0v) is 12.7. The predicted molar refractivity (Wildman–Crippen MR) is 83.7 cm³/mol. The molecule has 5 heteroatoms. The summed E-state index contributed by atoms with van der Waals surface area (Å²) in [4.78, 5) is 14.3. The Hall–Kier alpha value is -1.59. The first-order valence-corrected chi connectivity index (χ1v) is 7.59. The van der Waals surface area contributed by atoms with Gasteiger partial charge in [-0.3, -0.25) is 4.79 Å². The molecule has 1 aromatic rings. The molecule has 3 rings (SSSR count). The number of carbonyl (C=O) groups is 1. The van der Waals surface area contributed by atoms with E-state index in [1.165, 1.54) is 5.69 Å². The van der Waals surface area contributed by atoms with Gasteiger partial charge in [-0.1, -0.05) is 6.07 Å². The van der Waals surface area contributed by atoms with Gasteiger partial charge in [-0.2, -0.15) is 0 Å². The normalized spacial score (nSPS) is 22.3. The van der Waals surface area contributed by atoms with Crippen LogP contribution in [0.3, 0.4) is 0 Å². The molecule has 5 nitrogen and oxygen atoms in total. The van der Waals surface area contributed by atoms with Gasteiger partial charge in [0.25, 0.3) is 0 Å². The van der Waals surface area contributed by atoms with Crippen LogP contribution in [0.2, 0.25) is 0 Å². The van der Waals surface area contributed by atoms with Crippen molar-refractivity contribution in [1.29, 1.82) is 0 Å². The van der Waals surface area contributed by atoms with Crippen molar-refractivity contribution in [3.8, 4) is 0 Å². The van der Waals surface area contributed by atoms with Gasteiger partial charge in [-0.05, 0) is 37.9 Å². The van der Waals surface area contributed by atoms with Crippen molar-refractivity contribution < 1.29 is 9.53 Å². The van der Waals surface area contributed by atoms with Gasteiger partial charge in [0.2, 0.25) is 5.91 Å². The molecule has 2 heterocycles. The summed E-state index contributed by atoms with van der Waals surface area (Å²) in [7, 11) is 3.58. The number of methoxy groups -OCH3 is 1. The summed E-state index contributed by atoms with van der Waals surface area (Å²) in [5, 5.41) is 6.01. The molecule has 1 aromatic carbocycles. The van der Waals surface area contributed by atoms with Gasteiger partial charge < -0.3 is 20.3 Å². The summed E-state index contributed by atoms with van der Waals surface area (Å²) in [6.45, 7) is 2.96. The van der Waals surface area contributed by atoms with Crippen LogP contribution >= 0.6 is 0 Å². The van der Waals surface area contributed by atoms with E-state index in [2.05, 4.69) is 33.7 Å². The standard InChI is InChI=1S/C16H23N3O2/c1-17-15-13-4-3-12(9-14(13)18-16(15)20)19-7-5-11(6-8-19)10-21-2/h3-4,9,11,15,17H,5-8,10H2,1-2H3,(H,18,20). The summed E-state index contributed by atoms with van der Waals surface area (Å²) >= 11 is 0. The Labute approximate surface area is 125 Å². The van der Waals surface area contributed by atoms with Crippen LogP contribution in [-0.4, -0.2) is 39.8 Å². The lowest BCUT2D eigenvalue weighted by molar-refractivity contribution is -0.117. The lowest BCUT2D eigenvalue weighted by atomic mass is 9.97. The first-order chi connectivity index (χ1) is 10.2. The Balaban J connectivity index is 1.71. The van der Waals surface area contributed by atoms with E-state index in [1.807, 2.05) is 7.05 Å². The molecule has 1 atom stereocenters. The average Bonchev–Trinajstić information content (AvgIpc) is 2.82. The molecule has 1 amide bonds. The first-order valence-electron chi connectivity index (χ1n) is 7.59. The summed E-state index contributed by atoms with van der Waals surface area (Å²) in [6, 6.07) is 6.06. The molecule has 0 saturated carbocycles. The molecule has 1 unspecified atom stereocenters. The molecule has 0 aromatic heterocycles. The summed E-state index contributed by atoms with van der Waals surface area (Å²) in [6.07, 6.45) is 2.33. The van der Waals surface area contributed by atoms with Gasteiger partial charge in [-0.15, -0.1) is 0 Å². The quantitative estimate of drug-likeness (QED) is 0.887. The average molecular weight is 289 g/mol. The molecular weight excluding hydrogens is 266 g/mol. The van der Waals surface area contributed by atoms with E-state index in [-0.39, 0.29) is 11.9 Å². The minimum absolute atomic E-state index is 0.0310. The number of rotatable bonds is 4. The molecule has 0 spiro atoms. The van der Waals surface area contributed by atoms with Crippen LogP contribution in [0.25, 0.3) is 0 Å². The Bertz CT molecular complexity index is 524. The number of benzene rings is 1. The Morgan fingerprint density at radius 3 is 2.81 bits per heavy atom. The Morgan fingerprint density at radius 1 is 1.38 bits per heavy atom. The SMILES string of the molecule is CNC1C(=O)Nc2cc(N3CCC(COC)CC3)ccc21. The summed E-state index contributed by atoms with van der Waals surface area (Å²) in [5.41, 5.74) is 3.18. The first kappa shape index (κ1) is 14.4. The van der Waals surface area contributed by atoms with E-state index in [1.54, 1.807) is 7.11 Å². The topological polar surface area (TPSA) is 53.6 Å². The number of amides is 1. The van der Waals surface area contributed by atoms with Crippen molar-refractivity contribution in [3.05, 3.63) is 23.8 Å². The molecule has 114 valence electrons. The number of hydrogen-bond donors (Lipinski definition) is 2. The molecule has 2 aliphatic rings. The highest BCUT2D eigenvalue weighted by Crippen LogP contribution is 2.34. The Morgan fingerprint density at radius 2 is 2.14 bits per heavy atom. The highest BCUT2D eigenvalue weighted by atomic mass is 16.5. The van der Waals surface area contributed by atoms with Gasteiger partial charge in [0, 0.05) is 43.7 Å². The van der Waals surface area contributed by atoms with Crippen LogP contribution in [-0.2, 0) is 9.53 Å². The van der Waals surface area contributed by atoms with Gasteiger partial charge in [0.1, 0.15) is 6.04 Å². The smallest absolute Gasteiger partial charge is 0.246 e. The monoisotopic (exact) mass is 289 g/mol. The largest absolute Gasteiger partial charge is 0.384 e. The molecule has 0 aliphatic carbocycles. The van der Waals surface area contributed by atoms with Gasteiger partial charge in [0.05, 0.1) is 0 Å². The van der Waals surface area contributed by atoms with Crippen molar-refractivity contribution in [2.24, 2.45) is 5.92 Å². The van der Waals surface area contributed by atoms with Crippen molar-refractivity contribution in [2.75, 3.05) is 44.1 Å². The van der Waals surface area contributed by atoms with Crippen LogP contribution in [0, 0.1) is 5.92 Å². The second-order valence-corrected chi connectivity index (χ2v) is 5.87. The minimum Gasteiger partial charge on any atom is -0.384 e. The number of likely N-dealkylation sites (N-methyl/N-ethyl adjacent to an activating group) is 1. The third-order valence-electron chi connectivity index (χ3n) is 4.54. The fraction of sp³-hybridized carbons (Fsp3) is 0.562. The number of fused-ring (bicyclic) bond motifs is 1. The lowest BCUT2D eigenvalue weighted by Crippen LogP contribution is -2.34. The summed E-state index contributed by atoms with van der Waals surface area (Å²) in [5.74, 6) is 0.706. The molecule has 0 radical (unpaired) electrons. The molecule has 1 saturated heterocycles. The molecular formula is C16H23N3O2. The van der Waals surface area contributed by atoms with Crippen molar-refractivity contribution in [1.82, 2.24) is 5.32 Å². The number of hydrogen-bond acceptors (Lipinski definition) is 4. The fourth-order valence-corrected chi connectivity index (χ4v) is 3.33. The number of piperidine rings is 1. The second-order valence-electron chi connectivity index (χ2n) is 5.87. The van der Waals surface area contributed by atoms with Gasteiger partial charge in [-0.25, -0.2) is 0 Å². The summed E-state index contributed by atoms with van der Waals surface area (Å²) < 4.78 is 5.25. The van der Waals surface area contributed by atoms with E-state index in [9.17, 15) is 4.79 Å². The highest BCUT2D eigenvalue weighted by molar-refractivity contribution is 6.03. The number of nitrogens with one attached hydrogen (secondary N) is 2. The maximum absolute atomic E-state index is 11.9. The van der Waals surface area contributed by atoms with Crippen LogP contribution in [0.15, 0.2) is 18.2 Å². The van der Waals surface area contributed by atoms with E-state index >= 15 is 0 Å². The van der Waals surface area contributed by atoms with Crippen LogP contribution < -0.4 is 15.5 Å². The van der Waals surface area contributed by atoms with E-state index in [0.717, 1.165) is 43.8 Å². The van der Waals surface area contributed by atoms with E-state index < -0.39 is 0 Å². The minimum atomic E-state index is -0.221. The zero-order valence-electron chi connectivity index (χ0n) is 12.7. The van der Waals surface area contributed by atoms with Crippen molar-refractivity contribution in [2.45, 2.75) is 18.9 Å². The maximum Gasteiger partial charge on any atom is 0.246 e. The number of anilines is 2. The lowest BCUT2D eigenvalue weighted by Gasteiger charge is -2.33. The van der Waals surface area contributed by atoms with Crippen LogP contribution in [0.1, 0.15) is 24.4 Å². The van der Waals surface area contributed by atoms with Crippen molar-refractivity contribution >= 4 is 17.3 Å². The van der Waals surface area contributed by atoms with E-state index in [4.69, 9.17) is 4.74 Å². The van der Waals surface area contributed by atoms with Gasteiger partial charge >= 0.3 is 0 Å². The van der Waals surface area contributed by atoms with Gasteiger partial charge in [0.15, 0.2) is 0 Å². The molecule has 21 heavy (non-hydrogen) atoms. The van der Waals surface area contributed by atoms with Crippen molar-refractivity contribution in [3.63, 3.8) is 0 Å². The zero-order chi connectivity index (χ0) is 14.8. The third kappa shape index (κ3) is 2.76. The van der Waals surface area contributed by atoms with Crippen LogP contribution in [0.5, 0.6) is 0 Å². The second kappa shape index (κ2) is 6.03. The third-order valence-corrected chi connectivity index (χ3v) is 4.54. The fourth-order valence-electron chi connectivity index (χ4n) is 3.33.